The number of carbonyl (C=O) groups excluding carboxylic acids is 1. The maximum Gasteiger partial charge on any atom is 0.257 e. The van der Waals surface area contributed by atoms with Crippen LogP contribution in [0, 0.1) is 5.92 Å². The molecule has 1 amide bonds. The molecule has 0 spiro atoms. The molecule has 1 aliphatic heterocycles. The first-order valence-corrected chi connectivity index (χ1v) is 9.14. The Morgan fingerprint density at radius 2 is 2.15 bits per heavy atom. The fraction of sp³-hybridized carbons (Fsp3) is 0.583. The fourth-order valence-corrected chi connectivity index (χ4v) is 3.24. The summed E-state index contributed by atoms with van der Waals surface area (Å²) >= 11 is 2.93. The predicted molar refractivity (Wildman–Crippen MR) is 78.1 cm³/mol. The molecule has 1 aliphatic rings. The van der Waals surface area contributed by atoms with Crippen LogP contribution in [0.3, 0.4) is 0 Å². The topological polar surface area (TPSA) is 79.6 Å². The number of likely N-dealkylation sites (tertiary alicyclic amines) is 1. The number of hydrogen-bond donors (Lipinski definition) is 1. The van der Waals surface area contributed by atoms with E-state index in [4.69, 9.17) is 4.42 Å². The first-order chi connectivity index (χ1) is 9.52. The Hall–Kier alpha value is -0.860. The summed E-state index contributed by atoms with van der Waals surface area (Å²) in [6.07, 6.45) is 4.52. The molecule has 1 aromatic rings. The minimum Gasteiger partial charge on any atom is -0.472 e. The molecule has 0 unspecified atom stereocenters. The third kappa shape index (κ3) is 4.07. The van der Waals surface area contributed by atoms with Crippen LogP contribution in [0.5, 0.6) is 0 Å². The molecule has 0 saturated carbocycles. The summed E-state index contributed by atoms with van der Waals surface area (Å²) in [4.78, 5) is 13.9. The van der Waals surface area contributed by atoms with Gasteiger partial charge < -0.3 is 9.32 Å². The molecule has 112 valence electrons. The van der Waals surface area contributed by atoms with E-state index in [9.17, 15) is 13.2 Å². The average molecular weight is 365 g/mol. The van der Waals surface area contributed by atoms with Crippen molar-refractivity contribution >= 4 is 31.9 Å². The van der Waals surface area contributed by atoms with Crippen LogP contribution in [-0.4, -0.2) is 43.5 Å². The number of hydrogen-bond acceptors (Lipinski definition) is 4. The van der Waals surface area contributed by atoms with E-state index in [1.807, 2.05) is 0 Å². The maximum atomic E-state index is 12.1. The molecule has 1 saturated heterocycles. The minimum absolute atomic E-state index is 0.0294. The van der Waals surface area contributed by atoms with Gasteiger partial charge in [0, 0.05) is 19.6 Å². The predicted octanol–water partition coefficient (Wildman–Crippen LogP) is 1.40. The molecule has 6 nitrogen and oxygen atoms in total. The molecule has 0 aliphatic carbocycles. The summed E-state index contributed by atoms with van der Waals surface area (Å²) in [7, 11) is -3.21. The van der Waals surface area contributed by atoms with E-state index in [-0.39, 0.29) is 16.5 Å². The van der Waals surface area contributed by atoms with Gasteiger partial charge in [0.1, 0.15) is 10.9 Å². The lowest BCUT2D eigenvalue weighted by molar-refractivity contribution is 0.0691. The number of sulfonamides is 1. The van der Waals surface area contributed by atoms with Gasteiger partial charge in [-0.05, 0) is 24.8 Å². The van der Waals surface area contributed by atoms with E-state index >= 15 is 0 Å². The summed E-state index contributed by atoms with van der Waals surface area (Å²) in [6.45, 7) is 1.72. The number of alkyl halides is 1. The Morgan fingerprint density at radius 3 is 2.70 bits per heavy atom. The van der Waals surface area contributed by atoms with Crippen LogP contribution in [0.2, 0.25) is 0 Å². The van der Waals surface area contributed by atoms with Crippen molar-refractivity contribution in [2.45, 2.75) is 12.8 Å². The zero-order valence-electron chi connectivity index (χ0n) is 10.9. The van der Waals surface area contributed by atoms with E-state index in [1.54, 1.807) is 11.0 Å². The van der Waals surface area contributed by atoms with Gasteiger partial charge in [0.15, 0.2) is 0 Å². The molecule has 0 atom stereocenters. The van der Waals surface area contributed by atoms with Crippen molar-refractivity contribution in [3.8, 4) is 0 Å². The third-order valence-electron chi connectivity index (χ3n) is 3.41. The van der Waals surface area contributed by atoms with Crippen molar-refractivity contribution < 1.29 is 17.6 Å². The van der Waals surface area contributed by atoms with E-state index in [0.717, 1.165) is 12.8 Å². The molecule has 1 fully saturated rings. The van der Waals surface area contributed by atoms with Gasteiger partial charge in [-0.3, -0.25) is 4.79 Å². The molecule has 0 bridgehead atoms. The molecular weight excluding hydrogens is 348 g/mol. The number of carbonyl (C=O) groups is 1. The quantitative estimate of drug-likeness (QED) is 0.800. The lowest BCUT2D eigenvalue weighted by Crippen LogP contribution is -2.41. The highest BCUT2D eigenvalue weighted by atomic mass is 79.9. The summed E-state index contributed by atoms with van der Waals surface area (Å²) in [5.74, 6) is 0.246. The average Bonchev–Trinajstić information content (AvgIpc) is 2.99. The first kappa shape index (κ1) is 15.5. The number of furan rings is 1. The van der Waals surface area contributed by atoms with Crippen LogP contribution in [0.25, 0.3) is 0 Å². The van der Waals surface area contributed by atoms with Gasteiger partial charge in [-0.2, -0.15) is 0 Å². The van der Waals surface area contributed by atoms with E-state index in [2.05, 4.69) is 20.7 Å². The highest BCUT2D eigenvalue weighted by Gasteiger charge is 2.24. The second-order valence-corrected chi connectivity index (χ2v) is 7.93. The highest BCUT2D eigenvalue weighted by molar-refractivity contribution is 9.10. The Morgan fingerprint density at radius 1 is 1.45 bits per heavy atom. The van der Waals surface area contributed by atoms with Crippen LogP contribution < -0.4 is 4.72 Å². The van der Waals surface area contributed by atoms with Crippen LogP contribution in [0.1, 0.15) is 23.2 Å². The van der Waals surface area contributed by atoms with Gasteiger partial charge in [0.05, 0.1) is 11.8 Å². The number of nitrogens with one attached hydrogen (secondary N) is 1. The van der Waals surface area contributed by atoms with Gasteiger partial charge in [0.25, 0.3) is 5.91 Å². The summed E-state index contributed by atoms with van der Waals surface area (Å²) in [5.41, 5.74) is 0.559. The lowest BCUT2D eigenvalue weighted by atomic mass is 9.97. The zero-order valence-corrected chi connectivity index (χ0v) is 13.3. The normalized spacial score (nSPS) is 17.4. The van der Waals surface area contributed by atoms with E-state index in [1.165, 1.54) is 12.5 Å². The van der Waals surface area contributed by atoms with Gasteiger partial charge in [-0.15, -0.1) is 0 Å². The minimum atomic E-state index is -3.21. The van der Waals surface area contributed by atoms with Crippen molar-refractivity contribution in [2.75, 3.05) is 24.3 Å². The SMILES string of the molecule is O=C(c1ccoc1)N1CCC(CNS(=O)(=O)CBr)CC1. The molecule has 1 N–H and O–H groups in total. The monoisotopic (exact) mass is 364 g/mol. The largest absolute Gasteiger partial charge is 0.472 e. The standard InChI is InChI=1S/C12H17BrN2O4S/c13-9-20(17,18)14-7-10-1-4-15(5-2-10)12(16)11-3-6-19-8-11/h3,6,8,10,14H,1-2,4-5,7,9H2. The molecule has 2 heterocycles. The van der Waals surface area contributed by atoms with Crippen LogP contribution >= 0.6 is 15.9 Å². The second kappa shape index (κ2) is 6.73. The lowest BCUT2D eigenvalue weighted by Gasteiger charge is -2.31. The maximum absolute atomic E-state index is 12.1. The third-order valence-corrected chi connectivity index (χ3v) is 6.11. The summed E-state index contributed by atoms with van der Waals surface area (Å²) in [5, 5.41) is 0. The summed E-state index contributed by atoms with van der Waals surface area (Å²) < 4.78 is 30.1. The first-order valence-electron chi connectivity index (χ1n) is 6.36. The zero-order chi connectivity index (χ0) is 14.6. The number of nitrogens with zero attached hydrogens (tertiary/aromatic N) is 1. The molecule has 8 heteroatoms. The van der Waals surface area contributed by atoms with Crippen molar-refractivity contribution in [3.63, 3.8) is 0 Å². The van der Waals surface area contributed by atoms with Gasteiger partial charge in [-0.1, -0.05) is 15.9 Å². The van der Waals surface area contributed by atoms with Crippen LogP contribution in [0.15, 0.2) is 23.0 Å². The van der Waals surface area contributed by atoms with E-state index < -0.39 is 10.0 Å². The smallest absolute Gasteiger partial charge is 0.257 e. The number of rotatable bonds is 5. The summed E-state index contributed by atoms with van der Waals surface area (Å²) in [6, 6.07) is 1.65. The highest BCUT2D eigenvalue weighted by Crippen LogP contribution is 2.19. The van der Waals surface area contributed by atoms with Crippen molar-refractivity contribution in [1.82, 2.24) is 9.62 Å². The molecule has 0 radical (unpaired) electrons. The van der Waals surface area contributed by atoms with Gasteiger partial charge >= 0.3 is 0 Å². The van der Waals surface area contributed by atoms with Gasteiger partial charge in [0.2, 0.25) is 10.0 Å². The number of amides is 1. The van der Waals surface area contributed by atoms with Crippen molar-refractivity contribution in [1.29, 1.82) is 0 Å². The Bertz CT molecular complexity index is 536. The number of piperidine rings is 1. The molecule has 2 rings (SSSR count). The van der Waals surface area contributed by atoms with Crippen molar-refractivity contribution in [2.24, 2.45) is 5.92 Å². The Labute approximate surface area is 126 Å². The Kier molecular flexibility index (Phi) is 5.22. The van der Waals surface area contributed by atoms with Crippen LogP contribution in [-0.2, 0) is 10.0 Å². The van der Waals surface area contributed by atoms with E-state index in [0.29, 0.717) is 25.2 Å². The fourth-order valence-electron chi connectivity index (χ4n) is 2.19. The van der Waals surface area contributed by atoms with Crippen molar-refractivity contribution in [3.05, 3.63) is 24.2 Å². The Balaban J connectivity index is 1.79. The van der Waals surface area contributed by atoms with Crippen LogP contribution in [0.4, 0.5) is 0 Å². The molecular formula is C12H17BrN2O4S. The molecule has 1 aromatic heterocycles. The molecule has 0 aromatic carbocycles. The van der Waals surface area contributed by atoms with Gasteiger partial charge in [-0.25, -0.2) is 13.1 Å². The molecule has 20 heavy (non-hydrogen) atoms. The second-order valence-electron chi connectivity index (χ2n) is 4.82. The number of halogens is 1.